The van der Waals surface area contributed by atoms with Gasteiger partial charge in [-0.05, 0) is 56.8 Å². The van der Waals surface area contributed by atoms with Gasteiger partial charge in [-0.2, -0.15) is 4.98 Å². The maximum atomic E-state index is 13.0. The summed E-state index contributed by atoms with van der Waals surface area (Å²) in [6, 6.07) is 11.7. The summed E-state index contributed by atoms with van der Waals surface area (Å²) in [6.07, 6.45) is 2.55. The highest BCUT2D eigenvalue weighted by Crippen LogP contribution is 2.23. The first-order valence-corrected chi connectivity index (χ1v) is 9.06. The molecular formula is C20H23N5O2. The molecule has 140 valence electrons. The lowest BCUT2D eigenvalue weighted by atomic mass is 10.2. The average Bonchev–Trinajstić information content (AvgIpc) is 3.40. The molecule has 0 radical (unpaired) electrons. The Kier molecular flexibility index (Phi) is 4.53. The second-order valence-electron chi connectivity index (χ2n) is 7.11. The van der Waals surface area contributed by atoms with Crippen LogP contribution in [0, 0.1) is 6.92 Å². The molecule has 7 nitrogen and oxygen atoms in total. The zero-order valence-corrected chi connectivity index (χ0v) is 15.8. The Balaban J connectivity index is 1.72. The van der Waals surface area contributed by atoms with Crippen LogP contribution in [0.15, 0.2) is 47.1 Å². The van der Waals surface area contributed by atoms with Gasteiger partial charge in [0.1, 0.15) is 0 Å². The van der Waals surface area contributed by atoms with E-state index < -0.39 is 0 Å². The molecule has 0 spiro atoms. The van der Waals surface area contributed by atoms with E-state index in [1.54, 1.807) is 21.9 Å². The van der Waals surface area contributed by atoms with Crippen molar-refractivity contribution in [3.8, 4) is 17.3 Å². The van der Waals surface area contributed by atoms with Gasteiger partial charge in [0.15, 0.2) is 11.6 Å². The van der Waals surface area contributed by atoms with Crippen molar-refractivity contribution in [3.05, 3.63) is 54.0 Å². The third kappa shape index (κ3) is 3.38. The molecule has 0 aliphatic carbocycles. The highest BCUT2D eigenvalue weighted by atomic mass is 16.3. The van der Waals surface area contributed by atoms with Crippen LogP contribution in [0.2, 0.25) is 0 Å². The molecule has 2 aromatic heterocycles. The molecule has 7 heteroatoms. The predicted octanol–water partition coefficient (Wildman–Crippen LogP) is 2.61. The van der Waals surface area contributed by atoms with E-state index in [1.807, 2.05) is 44.3 Å². The number of hydrogen-bond acceptors (Lipinski definition) is 5. The zero-order chi connectivity index (χ0) is 19.0. The Morgan fingerprint density at radius 2 is 2.15 bits per heavy atom. The molecule has 1 fully saturated rings. The van der Waals surface area contributed by atoms with Crippen molar-refractivity contribution in [3.63, 3.8) is 0 Å². The number of carbonyl (C=O) groups excluding carboxylic acids is 1. The zero-order valence-electron chi connectivity index (χ0n) is 15.8. The fourth-order valence-corrected chi connectivity index (χ4v) is 3.46. The number of benzene rings is 1. The van der Waals surface area contributed by atoms with Crippen molar-refractivity contribution in [1.82, 2.24) is 24.6 Å². The summed E-state index contributed by atoms with van der Waals surface area (Å²) in [5.41, 5.74) is 1.95. The van der Waals surface area contributed by atoms with Gasteiger partial charge in [-0.1, -0.05) is 12.1 Å². The van der Waals surface area contributed by atoms with Crippen LogP contribution in [0.5, 0.6) is 0 Å². The number of nitrogens with zero attached hydrogens (tertiary/aromatic N) is 5. The number of aromatic nitrogens is 3. The molecule has 1 aromatic carbocycles. The number of aryl methyl sites for hydroxylation is 1. The molecule has 3 heterocycles. The molecule has 1 aliphatic heterocycles. The van der Waals surface area contributed by atoms with Gasteiger partial charge >= 0.3 is 0 Å². The molecule has 1 amide bonds. The number of hydrogen-bond donors (Lipinski definition) is 0. The summed E-state index contributed by atoms with van der Waals surface area (Å²) in [6.45, 7) is 3.88. The Morgan fingerprint density at radius 3 is 2.81 bits per heavy atom. The van der Waals surface area contributed by atoms with E-state index in [2.05, 4.69) is 22.0 Å². The van der Waals surface area contributed by atoms with Crippen molar-refractivity contribution in [2.75, 3.05) is 27.2 Å². The molecule has 4 rings (SSSR count). The molecule has 0 bridgehead atoms. The first kappa shape index (κ1) is 17.5. The van der Waals surface area contributed by atoms with Gasteiger partial charge in [-0.3, -0.25) is 4.79 Å². The monoisotopic (exact) mass is 365 g/mol. The van der Waals surface area contributed by atoms with Crippen LogP contribution < -0.4 is 0 Å². The van der Waals surface area contributed by atoms with Crippen molar-refractivity contribution >= 4 is 5.91 Å². The third-order valence-electron chi connectivity index (χ3n) is 5.02. The van der Waals surface area contributed by atoms with E-state index >= 15 is 0 Å². The topological polar surface area (TPSA) is 67.4 Å². The number of rotatable bonds is 4. The number of furan rings is 1. The van der Waals surface area contributed by atoms with Crippen LogP contribution in [-0.4, -0.2) is 63.7 Å². The second kappa shape index (κ2) is 7.00. The van der Waals surface area contributed by atoms with Crippen molar-refractivity contribution in [2.24, 2.45) is 0 Å². The van der Waals surface area contributed by atoms with Gasteiger partial charge < -0.3 is 14.2 Å². The number of likely N-dealkylation sites (N-methyl/N-ethyl adjacent to an activating group) is 2. The average molecular weight is 365 g/mol. The van der Waals surface area contributed by atoms with E-state index in [0.29, 0.717) is 11.6 Å². The summed E-state index contributed by atoms with van der Waals surface area (Å²) in [5.74, 6) is 1.10. The minimum atomic E-state index is -0.172. The van der Waals surface area contributed by atoms with Gasteiger partial charge in [0.25, 0.3) is 5.91 Å². The SMILES string of the molecule is Cc1cccc(-n2nc(C(=O)N(C)[C@H]3CCN(C)C3)nc2-c2ccco2)c1. The number of carbonyl (C=O) groups is 1. The van der Waals surface area contributed by atoms with Crippen LogP contribution in [0.3, 0.4) is 0 Å². The van der Waals surface area contributed by atoms with E-state index in [-0.39, 0.29) is 17.8 Å². The Morgan fingerprint density at radius 1 is 1.30 bits per heavy atom. The van der Waals surface area contributed by atoms with Crippen molar-refractivity contribution in [2.45, 2.75) is 19.4 Å². The largest absolute Gasteiger partial charge is 0.461 e. The van der Waals surface area contributed by atoms with E-state index in [1.165, 1.54) is 0 Å². The van der Waals surface area contributed by atoms with Crippen LogP contribution in [0.25, 0.3) is 17.3 Å². The maximum absolute atomic E-state index is 13.0. The second-order valence-corrected chi connectivity index (χ2v) is 7.11. The number of likely N-dealkylation sites (tertiary alicyclic amines) is 1. The van der Waals surface area contributed by atoms with Crippen LogP contribution in [0.1, 0.15) is 22.6 Å². The van der Waals surface area contributed by atoms with Gasteiger partial charge in [-0.25, -0.2) is 4.68 Å². The first-order chi connectivity index (χ1) is 13.0. The van der Waals surface area contributed by atoms with Crippen LogP contribution >= 0.6 is 0 Å². The molecule has 0 unspecified atom stereocenters. The highest BCUT2D eigenvalue weighted by molar-refractivity contribution is 5.91. The molecule has 0 saturated carbocycles. The highest BCUT2D eigenvalue weighted by Gasteiger charge is 2.30. The Labute approximate surface area is 158 Å². The normalized spacial score (nSPS) is 17.4. The van der Waals surface area contributed by atoms with Gasteiger partial charge in [-0.15, -0.1) is 5.10 Å². The minimum absolute atomic E-state index is 0.172. The smallest absolute Gasteiger partial charge is 0.293 e. The molecular weight excluding hydrogens is 342 g/mol. The Hall–Kier alpha value is -2.93. The quantitative estimate of drug-likeness (QED) is 0.711. The van der Waals surface area contributed by atoms with Crippen LogP contribution in [-0.2, 0) is 0 Å². The van der Waals surface area contributed by atoms with Crippen molar-refractivity contribution < 1.29 is 9.21 Å². The van der Waals surface area contributed by atoms with E-state index in [9.17, 15) is 4.79 Å². The molecule has 1 atom stereocenters. The fraction of sp³-hybridized carbons (Fsp3) is 0.350. The molecule has 27 heavy (non-hydrogen) atoms. The van der Waals surface area contributed by atoms with Crippen molar-refractivity contribution in [1.29, 1.82) is 0 Å². The lowest BCUT2D eigenvalue weighted by Crippen LogP contribution is -2.39. The van der Waals surface area contributed by atoms with Gasteiger partial charge in [0.2, 0.25) is 5.82 Å². The maximum Gasteiger partial charge on any atom is 0.293 e. The summed E-state index contributed by atoms with van der Waals surface area (Å²) in [4.78, 5) is 21.5. The van der Waals surface area contributed by atoms with Crippen LogP contribution in [0.4, 0.5) is 0 Å². The molecule has 1 aliphatic rings. The minimum Gasteiger partial charge on any atom is -0.461 e. The third-order valence-corrected chi connectivity index (χ3v) is 5.02. The lowest BCUT2D eigenvalue weighted by Gasteiger charge is -2.22. The molecule has 0 N–H and O–H groups in total. The standard InChI is InChI=1S/C20H23N5O2/c1-14-6-4-7-15(12-14)25-19(17-8-5-11-27-17)21-18(22-25)20(26)24(3)16-9-10-23(2)13-16/h4-8,11-12,16H,9-10,13H2,1-3H3/t16-/m0/s1. The predicted molar refractivity (Wildman–Crippen MR) is 102 cm³/mol. The number of amides is 1. The van der Waals surface area contributed by atoms with E-state index in [4.69, 9.17) is 4.42 Å². The summed E-state index contributed by atoms with van der Waals surface area (Å²) >= 11 is 0. The molecule has 3 aromatic rings. The summed E-state index contributed by atoms with van der Waals surface area (Å²) in [7, 11) is 3.89. The first-order valence-electron chi connectivity index (χ1n) is 9.06. The van der Waals surface area contributed by atoms with E-state index in [0.717, 1.165) is 30.8 Å². The summed E-state index contributed by atoms with van der Waals surface area (Å²) < 4.78 is 7.20. The summed E-state index contributed by atoms with van der Waals surface area (Å²) in [5, 5.41) is 4.53. The van der Waals surface area contributed by atoms with Gasteiger partial charge in [0.05, 0.1) is 12.0 Å². The van der Waals surface area contributed by atoms with Gasteiger partial charge in [0, 0.05) is 19.6 Å². The lowest BCUT2D eigenvalue weighted by molar-refractivity contribution is 0.0725. The fourth-order valence-electron chi connectivity index (χ4n) is 3.46. The molecule has 1 saturated heterocycles. The Bertz CT molecular complexity index is 947.